The van der Waals surface area contributed by atoms with Gasteiger partial charge < -0.3 is 9.84 Å². The highest BCUT2D eigenvalue weighted by Gasteiger charge is 2.38. The van der Waals surface area contributed by atoms with E-state index in [9.17, 15) is 5.11 Å². The van der Waals surface area contributed by atoms with Gasteiger partial charge in [-0.1, -0.05) is 24.9 Å². The second-order valence-electron chi connectivity index (χ2n) is 6.24. The third kappa shape index (κ3) is 2.79. The molecular weight excluding hydrogens is 286 g/mol. The van der Waals surface area contributed by atoms with Crippen LogP contribution >= 0.6 is 11.6 Å². The van der Waals surface area contributed by atoms with Gasteiger partial charge in [-0.15, -0.1) is 0 Å². The molecular formula is C17H24ClNO2. The number of halogens is 1. The van der Waals surface area contributed by atoms with E-state index < -0.39 is 6.10 Å². The minimum atomic E-state index is -0.485. The highest BCUT2D eigenvalue weighted by atomic mass is 35.5. The SMILES string of the molecule is CCc1cc(Cl)cc2c1OCC(O)C2N1CCCCC1C. The Morgan fingerprint density at radius 1 is 1.38 bits per heavy atom. The van der Waals surface area contributed by atoms with E-state index in [4.69, 9.17) is 16.3 Å². The second kappa shape index (κ2) is 6.15. The molecule has 3 rings (SSSR count). The zero-order valence-electron chi connectivity index (χ0n) is 12.8. The maximum Gasteiger partial charge on any atom is 0.127 e. The van der Waals surface area contributed by atoms with E-state index in [-0.39, 0.29) is 6.04 Å². The number of nitrogens with zero attached hydrogens (tertiary/aromatic N) is 1. The van der Waals surface area contributed by atoms with E-state index >= 15 is 0 Å². The van der Waals surface area contributed by atoms with Crippen molar-refractivity contribution in [1.29, 1.82) is 0 Å². The molecule has 0 amide bonds. The Kier molecular flexibility index (Phi) is 4.43. The van der Waals surface area contributed by atoms with Crippen molar-refractivity contribution in [3.8, 4) is 5.75 Å². The predicted octanol–water partition coefficient (Wildman–Crippen LogP) is 3.57. The first kappa shape index (κ1) is 15.1. The van der Waals surface area contributed by atoms with Crippen molar-refractivity contribution < 1.29 is 9.84 Å². The lowest BCUT2D eigenvalue weighted by molar-refractivity contribution is -0.0250. The zero-order valence-corrected chi connectivity index (χ0v) is 13.6. The lowest BCUT2D eigenvalue weighted by Crippen LogP contribution is -2.48. The van der Waals surface area contributed by atoms with Crippen LogP contribution in [-0.4, -0.2) is 35.3 Å². The Bertz CT molecular complexity index is 520. The summed E-state index contributed by atoms with van der Waals surface area (Å²) in [5, 5.41) is 11.3. The molecule has 21 heavy (non-hydrogen) atoms. The molecule has 2 aliphatic heterocycles. The first-order valence-corrected chi connectivity index (χ1v) is 8.38. The number of hydrogen-bond acceptors (Lipinski definition) is 3. The number of rotatable bonds is 2. The van der Waals surface area contributed by atoms with Gasteiger partial charge in [0.2, 0.25) is 0 Å². The summed E-state index contributed by atoms with van der Waals surface area (Å²) in [5.41, 5.74) is 2.20. The number of piperidine rings is 1. The summed E-state index contributed by atoms with van der Waals surface area (Å²) in [4.78, 5) is 2.44. The van der Waals surface area contributed by atoms with Crippen LogP contribution in [0.25, 0.3) is 0 Å². The number of fused-ring (bicyclic) bond motifs is 1. The largest absolute Gasteiger partial charge is 0.490 e. The lowest BCUT2D eigenvalue weighted by atomic mass is 9.90. The zero-order chi connectivity index (χ0) is 15.0. The van der Waals surface area contributed by atoms with Crippen molar-refractivity contribution in [3.63, 3.8) is 0 Å². The van der Waals surface area contributed by atoms with Gasteiger partial charge in [0.15, 0.2) is 0 Å². The Morgan fingerprint density at radius 3 is 2.90 bits per heavy atom. The van der Waals surface area contributed by atoms with Gasteiger partial charge in [-0.2, -0.15) is 0 Å². The number of aryl methyl sites for hydroxylation is 1. The highest BCUT2D eigenvalue weighted by Crippen LogP contribution is 2.42. The fraction of sp³-hybridized carbons (Fsp3) is 0.647. The average molecular weight is 310 g/mol. The summed E-state index contributed by atoms with van der Waals surface area (Å²) in [7, 11) is 0. The Balaban J connectivity index is 2.04. The van der Waals surface area contributed by atoms with Crippen molar-refractivity contribution in [2.24, 2.45) is 0 Å². The van der Waals surface area contributed by atoms with Crippen LogP contribution < -0.4 is 4.74 Å². The summed E-state index contributed by atoms with van der Waals surface area (Å²) in [6.45, 7) is 5.77. The molecule has 0 aromatic heterocycles. The molecule has 3 unspecified atom stereocenters. The molecule has 2 aliphatic rings. The first-order valence-electron chi connectivity index (χ1n) is 8.00. The maximum atomic E-state index is 10.5. The van der Waals surface area contributed by atoms with E-state index in [1.807, 2.05) is 12.1 Å². The normalized spacial score (nSPS) is 29.8. The first-order chi connectivity index (χ1) is 10.1. The molecule has 1 saturated heterocycles. The fourth-order valence-electron chi connectivity index (χ4n) is 3.73. The molecule has 4 heteroatoms. The number of aliphatic hydroxyl groups excluding tert-OH is 1. The molecule has 0 radical (unpaired) electrons. The van der Waals surface area contributed by atoms with Gasteiger partial charge in [0.25, 0.3) is 0 Å². The molecule has 0 spiro atoms. The maximum absolute atomic E-state index is 10.5. The molecule has 3 nitrogen and oxygen atoms in total. The van der Waals surface area contributed by atoms with Crippen LogP contribution in [0.15, 0.2) is 12.1 Å². The Labute approximate surface area is 131 Å². The Morgan fingerprint density at radius 2 is 2.19 bits per heavy atom. The third-order valence-corrected chi connectivity index (χ3v) is 5.05. The lowest BCUT2D eigenvalue weighted by Gasteiger charge is -2.44. The van der Waals surface area contributed by atoms with Crippen LogP contribution in [0.1, 0.15) is 50.3 Å². The van der Waals surface area contributed by atoms with E-state index in [1.165, 1.54) is 19.3 Å². The third-order valence-electron chi connectivity index (χ3n) is 4.83. The molecule has 1 aromatic rings. The monoisotopic (exact) mass is 309 g/mol. The van der Waals surface area contributed by atoms with Crippen LogP contribution in [0.2, 0.25) is 5.02 Å². The summed E-state index contributed by atoms with van der Waals surface area (Å²) in [5.74, 6) is 0.940. The van der Waals surface area contributed by atoms with Gasteiger partial charge in [-0.25, -0.2) is 0 Å². The molecule has 0 saturated carbocycles. The Hall–Kier alpha value is -0.770. The van der Waals surface area contributed by atoms with Gasteiger partial charge in [-0.05, 0) is 50.4 Å². The number of likely N-dealkylation sites (tertiary alicyclic amines) is 1. The van der Waals surface area contributed by atoms with Crippen molar-refractivity contribution >= 4 is 11.6 Å². The molecule has 116 valence electrons. The molecule has 1 N–H and O–H groups in total. The molecule has 0 bridgehead atoms. The number of aliphatic hydroxyl groups is 1. The summed E-state index contributed by atoms with van der Waals surface area (Å²) in [6.07, 6.45) is 4.08. The van der Waals surface area contributed by atoms with Crippen molar-refractivity contribution in [3.05, 3.63) is 28.3 Å². The van der Waals surface area contributed by atoms with Gasteiger partial charge >= 0.3 is 0 Å². The van der Waals surface area contributed by atoms with Crippen LogP contribution in [0, 0.1) is 0 Å². The van der Waals surface area contributed by atoms with E-state index in [0.717, 1.165) is 34.9 Å². The summed E-state index contributed by atoms with van der Waals surface area (Å²) in [6, 6.07) is 4.46. The van der Waals surface area contributed by atoms with Crippen LogP contribution in [-0.2, 0) is 6.42 Å². The smallest absolute Gasteiger partial charge is 0.127 e. The standard InChI is InChI=1S/C17H24ClNO2/c1-3-12-8-13(18)9-14-16(15(20)10-21-17(12)14)19-7-5-4-6-11(19)2/h8-9,11,15-16,20H,3-7,10H2,1-2H3. The van der Waals surface area contributed by atoms with E-state index in [0.29, 0.717) is 12.6 Å². The minimum absolute atomic E-state index is 0.00745. The summed E-state index contributed by atoms with van der Waals surface area (Å²) < 4.78 is 5.83. The van der Waals surface area contributed by atoms with Crippen LogP contribution in [0.3, 0.4) is 0 Å². The summed E-state index contributed by atoms with van der Waals surface area (Å²) >= 11 is 6.29. The van der Waals surface area contributed by atoms with E-state index in [2.05, 4.69) is 18.7 Å². The van der Waals surface area contributed by atoms with Crippen molar-refractivity contribution in [2.75, 3.05) is 13.2 Å². The highest BCUT2D eigenvalue weighted by molar-refractivity contribution is 6.30. The van der Waals surface area contributed by atoms with Gasteiger partial charge in [0, 0.05) is 16.6 Å². The van der Waals surface area contributed by atoms with Gasteiger partial charge in [0.05, 0.1) is 6.04 Å². The quantitative estimate of drug-likeness (QED) is 0.906. The average Bonchev–Trinajstić information content (AvgIpc) is 2.47. The number of benzene rings is 1. The molecule has 3 atom stereocenters. The molecule has 1 fully saturated rings. The van der Waals surface area contributed by atoms with E-state index in [1.54, 1.807) is 0 Å². The fourth-order valence-corrected chi connectivity index (χ4v) is 3.98. The van der Waals surface area contributed by atoms with Crippen molar-refractivity contribution in [1.82, 2.24) is 4.90 Å². The van der Waals surface area contributed by atoms with Gasteiger partial charge in [-0.3, -0.25) is 4.90 Å². The second-order valence-corrected chi connectivity index (χ2v) is 6.68. The van der Waals surface area contributed by atoms with Crippen molar-refractivity contribution in [2.45, 2.75) is 57.7 Å². The predicted molar refractivity (Wildman–Crippen MR) is 85.1 cm³/mol. The van der Waals surface area contributed by atoms with Crippen LogP contribution in [0.4, 0.5) is 0 Å². The van der Waals surface area contributed by atoms with Gasteiger partial charge in [0.1, 0.15) is 18.5 Å². The molecule has 1 aromatic carbocycles. The minimum Gasteiger partial charge on any atom is -0.490 e. The number of ether oxygens (including phenoxy) is 1. The number of hydrogen-bond donors (Lipinski definition) is 1. The van der Waals surface area contributed by atoms with Crippen LogP contribution in [0.5, 0.6) is 5.75 Å². The molecule has 2 heterocycles. The topological polar surface area (TPSA) is 32.7 Å². The molecule has 0 aliphatic carbocycles.